The first-order valence-electron chi connectivity index (χ1n) is 8.60. The molecule has 2 fully saturated rings. The van der Waals surface area contributed by atoms with Gasteiger partial charge in [0.2, 0.25) is 10.0 Å². The molecule has 4 rings (SSSR count). The SMILES string of the molecule is CS(=O)(=O)N1CCCC2CN3CCc4cc(O)c(O)cc4C3CC21. The van der Waals surface area contributed by atoms with Gasteiger partial charge in [-0.05, 0) is 54.9 Å². The Balaban J connectivity index is 1.70. The number of aromatic hydroxyl groups is 2. The normalized spacial score (nSPS) is 31.1. The molecule has 0 saturated carbocycles. The van der Waals surface area contributed by atoms with Crippen LogP contribution in [0.15, 0.2) is 12.1 Å². The third kappa shape index (κ3) is 2.59. The van der Waals surface area contributed by atoms with Crippen molar-refractivity contribution < 1.29 is 18.6 Å². The summed E-state index contributed by atoms with van der Waals surface area (Å²) in [5.74, 6) is 0.213. The van der Waals surface area contributed by atoms with Crippen molar-refractivity contribution in [3.8, 4) is 11.5 Å². The molecule has 0 radical (unpaired) electrons. The number of phenols is 2. The molecule has 7 heteroatoms. The maximum Gasteiger partial charge on any atom is 0.211 e. The summed E-state index contributed by atoms with van der Waals surface area (Å²) >= 11 is 0. The van der Waals surface area contributed by atoms with Crippen LogP contribution in [0.1, 0.15) is 36.4 Å². The molecule has 3 atom stereocenters. The van der Waals surface area contributed by atoms with Gasteiger partial charge in [0.05, 0.1) is 6.26 Å². The molecule has 0 bridgehead atoms. The van der Waals surface area contributed by atoms with E-state index in [1.165, 1.54) is 6.26 Å². The van der Waals surface area contributed by atoms with Gasteiger partial charge in [-0.15, -0.1) is 0 Å². The average molecular weight is 352 g/mol. The van der Waals surface area contributed by atoms with Crippen LogP contribution in [0, 0.1) is 5.92 Å². The highest BCUT2D eigenvalue weighted by Crippen LogP contribution is 2.45. The predicted molar refractivity (Wildman–Crippen MR) is 90.5 cm³/mol. The van der Waals surface area contributed by atoms with Gasteiger partial charge >= 0.3 is 0 Å². The fourth-order valence-corrected chi connectivity index (χ4v) is 6.05. The first kappa shape index (κ1) is 16.2. The highest BCUT2D eigenvalue weighted by Gasteiger charge is 2.45. The van der Waals surface area contributed by atoms with Crippen LogP contribution in [0.25, 0.3) is 0 Å². The Hall–Kier alpha value is -1.31. The van der Waals surface area contributed by atoms with E-state index in [2.05, 4.69) is 4.90 Å². The first-order chi connectivity index (χ1) is 11.3. The van der Waals surface area contributed by atoms with Gasteiger partial charge in [-0.25, -0.2) is 8.42 Å². The molecule has 1 aromatic carbocycles. The standard InChI is InChI=1S/C17H24N2O4S/c1-24(22,23)19-5-2-3-12-10-18-6-4-11-7-16(20)17(21)8-13(11)15(18)9-14(12)19/h7-8,12,14-15,20-21H,2-6,9-10H2,1H3. The third-order valence-electron chi connectivity index (χ3n) is 5.93. The summed E-state index contributed by atoms with van der Waals surface area (Å²) < 4.78 is 26.1. The summed E-state index contributed by atoms with van der Waals surface area (Å²) in [6, 6.07) is 3.47. The summed E-state index contributed by atoms with van der Waals surface area (Å²) in [5, 5.41) is 19.7. The zero-order valence-electron chi connectivity index (χ0n) is 13.9. The van der Waals surface area contributed by atoms with Crippen LogP contribution in [-0.4, -0.2) is 59.8 Å². The molecule has 1 aromatic rings. The molecule has 3 heterocycles. The van der Waals surface area contributed by atoms with Crippen molar-refractivity contribution in [1.82, 2.24) is 9.21 Å². The quantitative estimate of drug-likeness (QED) is 0.748. The van der Waals surface area contributed by atoms with Gasteiger partial charge in [-0.1, -0.05) is 0 Å². The van der Waals surface area contributed by atoms with E-state index in [0.717, 1.165) is 49.9 Å². The summed E-state index contributed by atoms with van der Waals surface area (Å²) in [6.45, 7) is 2.44. The molecule has 2 N–H and O–H groups in total. The number of piperidine rings is 2. The number of nitrogens with zero attached hydrogens (tertiary/aromatic N) is 2. The molecule has 3 aliphatic heterocycles. The molecule has 0 aromatic heterocycles. The van der Waals surface area contributed by atoms with Crippen LogP contribution < -0.4 is 0 Å². The molecule has 3 aliphatic rings. The van der Waals surface area contributed by atoms with Crippen LogP contribution in [0.2, 0.25) is 0 Å². The van der Waals surface area contributed by atoms with Crippen LogP contribution >= 0.6 is 0 Å². The summed E-state index contributed by atoms with van der Waals surface area (Å²) in [4.78, 5) is 2.42. The van der Waals surface area contributed by atoms with E-state index >= 15 is 0 Å². The fraction of sp³-hybridized carbons (Fsp3) is 0.647. The molecular formula is C17H24N2O4S. The molecule has 0 aliphatic carbocycles. The van der Waals surface area contributed by atoms with E-state index in [9.17, 15) is 18.6 Å². The van der Waals surface area contributed by atoms with Crippen LogP contribution in [0.3, 0.4) is 0 Å². The Morgan fingerprint density at radius 1 is 1.17 bits per heavy atom. The third-order valence-corrected chi connectivity index (χ3v) is 7.24. The van der Waals surface area contributed by atoms with Gasteiger partial charge < -0.3 is 10.2 Å². The van der Waals surface area contributed by atoms with Gasteiger partial charge in [-0.2, -0.15) is 4.31 Å². The number of hydrogen-bond donors (Lipinski definition) is 2. The molecular weight excluding hydrogens is 328 g/mol. The number of hydrogen-bond acceptors (Lipinski definition) is 5. The molecule has 2 saturated heterocycles. The minimum absolute atomic E-state index is 0.0388. The van der Waals surface area contributed by atoms with Crippen LogP contribution in [-0.2, 0) is 16.4 Å². The maximum absolute atomic E-state index is 12.2. The zero-order chi connectivity index (χ0) is 17.1. The molecule has 6 nitrogen and oxygen atoms in total. The van der Waals surface area contributed by atoms with E-state index < -0.39 is 10.0 Å². The minimum atomic E-state index is -3.20. The number of benzene rings is 1. The Labute approximate surface area is 142 Å². The molecule has 0 amide bonds. The monoisotopic (exact) mass is 352 g/mol. The first-order valence-corrected chi connectivity index (χ1v) is 10.4. The summed E-state index contributed by atoms with van der Waals surface area (Å²) in [6.07, 6.45) is 4.92. The van der Waals surface area contributed by atoms with E-state index in [4.69, 9.17) is 0 Å². The maximum atomic E-state index is 12.2. The van der Waals surface area contributed by atoms with E-state index in [-0.39, 0.29) is 23.6 Å². The van der Waals surface area contributed by atoms with Crippen molar-refractivity contribution in [1.29, 1.82) is 0 Å². The Bertz CT molecular complexity index is 764. The topological polar surface area (TPSA) is 81.1 Å². The largest absolute Gasteiger partial charge is 0.504 e. The molecule has 3 unspecified atom stereocenters. The van der Waals surface area contributed by atoms with E-state index in [1.807, 2.05) is 0 Å². The van der Waals surface area contributed by atoms with Gasteiger partial charge in [0.1, 0.15) is 0 Å². The van der Waals surface area contributed by atoms with Crippen molar-refractivity contribution in [2.45, 2.75) is 37.8 Å². The molecule has 132 valence electrons. The second-order valence-electron chi connectivity index (χ2n) is 7.38. The number of phenolic OH excluding ortho intramolecular Hbond substituents is 2. The Morgan fingerprint density at radius 3 is 2.67 bits per heavy atom. The summed E-state index contributed by atoms with van der Waals surface area (Å²) in [5.41, 5.74) is 2.10. The average Bonchev–Trinajstić information content (AvgIpc) is 2.53. The highest BCUT2D eigenvalue weighted by atomic mass is 32.2. The van der Waals surface area contributed by atoms with Gasteiger partial charge in [0.15, 0.2) is 11.5 Å². The lowest BCUT2D eigenvalue weighted by molar-refractivity contribution is 0.0221. The second-order valence-corrected chi connectivity index (χ2v) is 9.31. The van der Waals surface area contributed by atoms with Crippen molar-refractivity contribution in [3.63, 3.8) is 0 Å². The Morgan fingerprint density at radius 2 is 1.92 bits per heavy atom. The highest BCUT2D eigenvalue weighted by molar-refractivity contribution is 7.88. The van der Waals surface area contributed by atoms with E-state index in [0.29, 0.717) is 12.5 Å². The number of fused-ring (bicyclic) bond motifs is 4. The van der Waals surface area contributed by atoms with Crippen molar-refractivity contribution >= 4 is 10.0 Å². The summed E-state index contributed by atoms with van der Waals surface area (Å²) in [7, 11) is -3.20. The zero-order valence-corrected chi connectivity index (χ0v) is 14.7. The molecule has 0 spiro atoms. The minimum Gasteiger partial charge on any atom is -0.504 e. The fourth-order valence-electron chi connectivity index (χ4n) is 4.84. The van der Waals surface area contributed by atoms with Gasteiger partial charge in [0.25, 0.3) is 0 Å². The molecule has 24 heavy (non-hydrogen) atoms. The number of rotatable bonds is 1. The predicted octanol–water partition coefficient (Wildman–Crippen LogP) is 1.44. The number of sulfonamides is 1. The van der Waals surface area contributed by atoms with Crippen molar-refractivity contribution in [2.75, 3.05) is 25.9 Å². The smallest absolute Gasteiger partial charge is 0.211 e. The van der Waals surface area contributed by atoms with Crippen LogP contribution in [0.4, 0.5) is 0 Å². The second kappa shape index (κ2) is 5.61. The van der Waals surface area contributed by atoms with Crippen molar-refractivity contribution in [3.05, 3.63) is 23.3 Å². The Kier molecular flexibility index (Phi) is 3.78. The van der Waals surface area contributed by atoms with E-state index in [1.54, 1.807) is 16.4 Å². The van der Waals surface area contributed by atoms with Gasteiger partial charge in [-0.3, -0.25) is 4.90 Å². The van der Waals surface area contributed by atoms with Crippen molar-refractivity contribution in [2.24, 2.45) is 5.92 Å². The lowest BCUT2D eigenvalue weighted by Crippen LogP contribution is -2.57. The lowest BCUT2D eigenvalue weighted by atomic mass is 9.77. The van der Waals surface area contributed by atoms with Gasteiger partial charge in [0, 0.05) is 31.7 Å². The van der Waals surface area contributed by atoms with Crippen LogP contribution in [0.5, 0.6) is 11.5 Å². The lowest BCUT2D eigenvalue weighted by Gasteiger charge is -2.51.